The van der Waals surface area contributed by atoms with Crippen molar-refractivity contribution in [2.24, 2.45) is 0 Å². The zero-order chi connectivity index (χ0) is 35.5. The molecule has 2 aliphatic carbocycles. The highest BCUT2D eigenvalue weighted by Gasteiger charge is 2.52. The molecule has 0 heterocycles. The molecule has 0 nitrogen and oxygen atoms in total. The number of fused-ring (bicyclic) bond motifs is 10. The summed E-state index contributed by atoms with van der Waals surface area (Å²) in [5.74, 6) is 0.210. The average molecular weight is 677 g/mol. The largest absolute Gasteiger partial charge is 0.0725 e. The van der Waals surface area contributed by atoms with Crippen molar-refractivity contribution in [3.63, 3.8) is 0 Å². The van der Waals surface area contributed by atoms with Crippen molar-refractivity contribution in [1.82, 2.24) is 0 Å². The average Bonchev–Trinajstić information content (AvgIpc) is 3.66. The van der Waals surface area contributed by atoms with E-state index in [9.17, 15) is 0 Å². The van der Waals surface area contributed by atoms with Crippen molar-refractivity contribution in [1.29, 1.82) is 0 Å². The quantitative estimate of drug-likeness (QED) is 0.154. The van der Waals surface area contributed by atoms with E-state index in [0.29, 0.717) is 0 Å². The number of benzene rings is 8. The molecule has 0 aliphatic heterocycles. The maximum absolute atomic E-state index is 2.56. The smallest absolute Gasteiger partial charge is 0.0622 e. The molecule has 53 heavy (non-hydrogen) atoms. The lowest BCUT2D eigenvalue weighted by Crippen LogP contribution is -2.26. The zero-order valence-electron chi connectivity index (χ0n) is 30.1. The summed E-state index contributed by atoms with van der Waals surface area (Å²) in [4.78, 5) is 0. The summed E-state index contributed by atoms with van der Waals surface area (Å²) in [5.41, 5.74) is 20.8. The minimum atomic E-state index is -0.453. The SMILES string of the molecule is Cc1cccc(C(c2ccccc2)c2ccc3c(c2)C2(c4ccccc4-c4ccccc42)c2cc(C(c4ccccc4)c4cccc(C)c4)ccc2-3)c1. The van der Waals surface area contributed by atoms with Crippen LogP contribution in [0.15, 0.2) is 194 Å². The van der Waals surface area contributed by atoms with Gasteiger partial charge in [-0.3, -0.25) is 0 Å². The van der Waals surface area contributed by atoms with Crippen molar-refractivity contribution in [2.75, 3.05) is 0 Å². The van der Waals surface area contributed by atoms with Crippen molar-refractivity contribution in [2.45, 2.75) is 31.1 Å². The lowest BCUT2D eigenvalue weighted by Gasteiger charge is -2.32. The molecule has 8 aromatic carbocycles. The van der Waals surface area contributed by atoms with Crippen molar-refractivity contribution < 1.29 is 0 Å². The van der Waals surface area contributed by atoms with Gasteiger partial charge >= 0.3 is 0 Å². The Hall–Kier alpha value is -6.24. The normalized spacial score (nSPS) is 14.2. The molecule has 8 aromatic rings. The van der Waals surface area contributed by atoms with E-state index in [0.717, 1.165) is 0 Å². The summed E-state index contributed by atoms with van der Waals surface area (Å²) in [6, 6.07) is 73.2. The van der Waals surface area contributed by atoms with E-state index in [-0.39, 0.29) is 11.8 Å². The fourth-order valence-electron chi connectivity index (χ4n) is 9.68. The van der Waals surface area contributed by atoms with Crippen LogP contribution in [0.5, 0.6) is 0 Å². The van der Waals surface area contributed by atoms with Gasteiger partial charge in [-0.05, 0) is 91.7 Å². The van der Waals surface area contributed by atoms with E-state index in [1.807, 2.05) is 0 Å². The molecular formula is C53H40. The lowest BCUT2D eigenvalue weighted by atomic mass is 9.69. The van der Waals surface area contributed by atoms with E-state index in [2.05, 4.69) is 208 Å². The monoisotopic (exact) mass is 676 g/mol. The molecule has 0 bridgehead atoms. The molecule has 2 aliphatic rings. The molecule has 0 radical (unpaired) electrons. The van der Waals surface area contributed by atoms with Gasteiger partial charge in [0.15, 0.2) is 0 Å². The van der Waals surface area contributed by atoms with Crippen LogP contribution in [0.3, 0.4) is 0 Å². The van der Waals surface area contributed by atoms with Gasteiger partial charge in [-0.25, -0.2) is 0 Å². The number of hydrogen-bond donors (Lipinski definition) is 0. The highest BCUT2D eigenvalue weighted by atomic mass is 14.5. The van der Waals surface area contributed by atoms with Gasteiger partial charge in [0.1, 0.15) is 0 Å². The third-order valence-corrected chi connectivity index (χ3v) is 11.8. The highest BCUT2D eigenvalue weighted by molar-refractivity contribution is 5.95. The van der Waals surface area contributed by atoms with Crippen LogP contribution in [0.25, 0.3) is 22.3 Å². The second-order valence-corrected chi connectivity index (χ2v) is 15.0. The second-order valence-electron chi connectivity index (χ2n) is 15.0. The molecular weight excluding hydrogens is 637 g/mol. The Morgan fingerprint density at radius 1 is 0.283 bits per heavy atom. The van der Waals surface area contributed by atoms with E-state index < -0.39 is 5.41 Å². The van der Waals surface area contributed by atoms with Gasteiger partial charge in [0, 0.05) is 11.8 Å². The first-order valence-corrected chi connectivity index (χ1v) is 18.8. The Morgan fingerprint density at radius 3 is 1.08 bits per heavy atom. The fourth-order valence-corrected chi connectivity index (χ4v) is 9.68. The van der Waals surface area contributed by atoms with Crippen LogP contribution in [0.4, 0.5) is 0 Å². The van der Waals surface area contributed by atoms with Gasteiger partial charge < -0.3 is 0 Å². The summed E-state index contributed by atoms with van der Waals surface area (Å²) in [5, 5.41) is 0. The molecule has 2 unspecified atom stereocenters. The third-order valence-electron chi connectivity index (χ3n) is 11.8. The van der Waals surface area contributed by atoms with Crippen molar-refractivity contribution in [3.8, 4) is 22.3 Å². The van der Waals surface area contributed by atoms with Crippen LogP contribution in [-0.2, 0) is 5.41 Å². The summed E-state index contributed by atoms with van der Waals surface area (Å²) in [6.07, 6.45) is 0. The minimum absolute atomic E-state index is 0.105. The third kappa shape index (κ3) is 4.90. The van der Waals surface area contributed by atoms with Gasteiger partial charge in [-0.1, -0.05) is 205 Å². The van der Waals surface area contributed by atoms with Gasteiger partial charge in [0.2, 0.25) is 0 Å². The molecule has 2 atom stereocenters. The molecule has 0 heteroatoms. The van der Waals surface area contributed by atoms with Crippen LogP contribution in [0.2, 0.25) is 0 Å². The van der Waals surface area contributed by atoms with E-state index in [1.165, 1.54) is 89.0 Å². The summed E-state index contributed by atoms with van der Waals surface area (Å²) in [7, 11) is 0. The lowest BCUT2D eigenvalue weighted by molar-refractivity contribution is 0.786. The van der Waals surface area contributed by atoms with E-state index in [1.54, 1.807) is 0 Å². The number of hydrogen-bond acceptors (Lipinski definition) is 0. The molecule has 1 spiro atoms. The predicted molar refractivity (Wildman–Crippen MR) is 220 cm³/mol. The Balaban J connectivity index is 1.26. The van der Waals surface area contributed by atoms with Crippen LogP contribution in [0, 0.1) is 13.8 Å². The minimum Gasteiger partial charge on any atom is -0.0622 e. The van der Waals surface area contributed by atoms with Crippen LogP contribution < -0.4 is 0 Å². The summed E-state index contributed by atoms with van der Waals surface area (Å²) < 4.78 is 0. The van der Waals surface area contributed by atoms with Gasteiger partial charge in [-0.2, -0.15) is 0 Å². The highest BCUT2D eigenvalue weighted by Crippen LogP contribution is 2.63. The molecule has 0 aromatic heterocycles. The topological polar surface area (TPSA) is 0 Å². The summed E-state index contributed by atoms with van der Waals surface area (Å²) in [6.45, 7) is 4.40. The second kappa shape index (κ2) is 12.5. The predicted octanol–water partition coefficient (Wildman–Crippen LogP) is 13.0. The first-order valence-electron chi connectivity index (χ1n) is 18.8. The standard InChI is InChI=1S/C53H40/c1-35-15-13-21-39(31-35)51(37-17-5-3-6-18-37)41-27-29-45-46-30-28-42(52(38-19-7-4-8-20-38)40-22-14-16-36(2)32-40)34-50(46)53(49(45)33-41)47-25-11-9-23-43(47)44-24-10-12-26-48(44)53/h3-34,51-52H,1-2H3. The van der Waals surface area contributed by atoms with Crippen molar-refractivity contribution >= 4 is 0 Å². The molecule has 0 amide bonds. The Labute approximate surface area is 313 Å². The van der Waals surface area contributed by atoms with Crippen LogP contribution in [0.1, 0.15) is 78.6 Å². The maximum Gasteiger partial charge on any atom is 0.0725 e. The molecule has 0 N–H and O–H groups in total. The molecule has 0 saturated carbocycles. The number of aryl methyl sites for hydroxylation is 2. The van der Waals surface area contributed by atoms with Gasteiger partial charge in [0.05, 0.1) is 5.41 Å². The zero-order valence-corrected chi connectivity index (χ0v) is 30.1. The summed E-state index contributed by atoms with van der Waals surface area (Å²) >= 11 is 0. The first-order chi connectivity index (χ1) is 26.1. The Bertz CT molecular complexity index is 2460. The van der Waals surface area contributed by atoms with E-state index in [4.69, 9.17) is 0 Å². The van der Waals surface area contributed by atoms with E-state index >= 15 is 0 Å². The van der Waals surface area contributed by atoms with Gasteiger partial charge in [-0.15, -0.1) is 0 Å². The fraction of sp³-hybridized carbons (Fsp3) is 0.0943. The molecule has 0 saturated heterocycles. The Morgan fingerprint density at radius 2 is 0.642 bits per heavy atom. The molecule has 252 valence electrons. The Kier molecular flexibility index (Phi) is 7.41. The molecule has 10 rings (SSSR count). The maximum atomic E-state index is 2.56. The van der Waals surface area contributed by atoms with Crippen LogP contribution in [-0.4, -0.2) is 0 Å². The number of rotatable bonds is 6. The molecule has 0 fully saturated rings. The van der Waals surface area contributed by atoms with Gasteiger partial charge in [0.25, 0.3) is 0 Å². The van der Waals surface area contributed by atoms with Crippen LogP contribution >= 0.6 is 0 Å². The first kappa shape index (κ1) is 31.5. The van der Waals surface area contributed by atoms with Crippen molar-refractivity contribution in [3.05, 3.63) is 261 Å².